The molecule has 0 aromatic heterocycles. The molecule has 4 amide bonds. The van der Waals surface area contributed by atoms with Gasteiger partial charge in [0.2, 0.25) is 11.8 Å². The average molecular weight is 722 g/mol. The number of fused-ring (bicyclic) bond motifs is 1. The van der Waals surface area contributed by atoms with Crippen LogP contribution in [0.1, 0.15) is 73.6 Å². The van der Waals surface area contributed by atoms with E-state index in [1.807, 2.05) is 96.7 Å². The van der Waals surface area contributed by atoms with Crippen molar-refractivity contribution in [2.24, 2.45) is 5.73 Å². The highest BCUT2D eigenvalue weighted by Crippen LogP contribution is 2.37. The van der Waals surface area contributed by atoms with Crippen molar-refractivity contribution in [1.82, 2.24) is 21.3 Å². The first-order valence-corrected chi connectivity index (χ1v) is 19.0. The fourth-order valence-corrected chi connectivity index (χ4v) is 7.99. The summed E-state index contributed by atoms with van der Waals surface area (Å²) in [4.78, 5) is 51.7. The number of hydrogen-bond donors (Lipinski definition) is 8. The van der Waals surface area contributed by atoms with E-state index in [1.54, 1.807) is 0 Å². The maximum absolute atomic E-state index is 13.6. The van der Waals surface area contributed by atoms with E-state index in [9.17, 15) is 14.4 Å². The van der Waals surface area contributed by atoms with Gasteiger partial charge in [-0.05, 0) is 42.4 Å². The summed E-state index contributed by atoms with van der Waals surface area (Å²) in [6.45, 7) is 0.598. The summed E-state index contributed by atoms with van der Waals surface area (Å²) in [7, 11) is -2.87. The Morgan fingerprint density at radius 2 is 1.40 bits per heavy atom. The molecule has 3 aromatic rings. The first-order valence-electron chi connectivity index (χ1n) is 16.8. The molecular weight excluding hydrogens is 675 g/mol. The second-order valence-electron chi connectivity index (χ2n) is 12.3. The molecule has 9 N–H and O–H groups in total. The number of benzene rings is 3. The smallest absolute Gasteiger partial charge is 0.384 e. The number of carbonyl (C=O) groups excluding carboxylic acids is 3. The first kappa shape index (κ1) is 38.5. The maximum atomic E-state index is 13.6. The van der Waals surface area contributed by atoms with E-state index in [4.69, 9.17) is 25.5 Å². The van der Waals surface area contributed by atoms with Crippen molar-refractivity contribution in [1.29, 1.82) is 5.41 Å². The van der Waals surface area contributed by atoms with E-state index in [1.165, 1.54) is 0 Å². The van der Waals surface area contributed by atoms with Gasteiger partial charge in [0.1, 0.15) is 11.4 Å². The van der Waals surface area contributed by atoms with Gasteiger partial charge in [0.15, 0.2) is 0 Å². The van der Waals surface area contributed by atoms with Gasteiger partial charge in [-0.2, -0.15) is 11.8 Å². The normalized spacial score (nSPS) is 17.7. The van der Waals surface area contributed by atoms with Gasteiger partial charge in [0.25, 0.3) is 0 Å². The molecular formula is C36H46N6O6PS+. The lowest BCUT2D eigenvalue weighted by atomic mass is 9.76. The topological polar surface area (TPSA) is 207 Å². The molecule has 2 aliphatic rings. The monoisotopic (exact) mass is 721 g/mol. The number of rotatable bonds is 16. The van der Waals surface area contributed by atoms with Gasteiger partial charge in [-0.15, -0.1) is 9.79 Å². The van der Waals surface area contributed by atoms with Crippen LogP contribution in [0.3, 0.4) is 0 Å². The lowest BCUT2D eigenvalue weighted by Crippen LogP contribution is -2.47. The molecule has 2 fully saturated rings. The number of unbranched alkanes of at least 4 members (excludes halogenated alkanes) is 3. The molecule has 3 aromatic carbocycles. The fourth-order valence-electron chi connectivity index (χ4n) is 6.44. The third-order valence-electron chi connectivity index (χ3n) is 8.85. The Kier molecular flexibility index (Phi) is 14.8. The van der Waals surface area contributed by atoms with Crippen molar-refractivity contribution < 1.29 is 28.7 Å². The predicted molar refractivity (Wildman–Crippen MR) is 196 cm³/mol. The van der Waals surface area contributed by atoms with Gasteiger partial charge in [-0.3, -0.25) is 15.0 Å². The highest BCUT2D eigenvalue weighted by molar-refractivity contribution is 8.00. The van der Waals surface area contributed by atoms with Crippen LogP contribution in [0, 0.1) is 5.41 Å². The second-order valence-corrected chi connectivity index (χ2v) is 14.1. The van der Waals surface area contributed by atoms with Crippen LogP contribution in [0.15, 0.2) is 84.9 Å². The Morgan fingerprint density at radius 3 is 2.00 bits per heavy atom. The molecule has 2 aliphatic heterocycles. The van der Waals surface area contributed by atoms with E-state index < -0.39 is 13.8 Å². The molecule has 2 heterocycles. The molecule has 0 unspecified atom stereocenters. The van der Waals surface area contributed by atoms with Crippen LogP contribution in [0.4, 0.5) is 4.79 Å². The quantitative estimate of drug-likeness (QED) is 0.0265. The zero-order chi connectivity index (χ0) is 35.9. The molecule has 5 rings (SSSR count). The van der Waals surface area contributed by atoms with Crippen molar-refractivity contribution >= 4 is 43.7 Å². The van der Waals surface area contributed by atoms with Gasteiger partial charge in [0.05, 0.1) is 12.1 Å². The predicted octanol–water partition coefficient (Wildman–Crippen LogP) is 4.41. The van der Waals surface area contributed by atoms with Crippen LogP contribution < -0.4 is 27.0 Å². The van der Waals surface area contributed by atoms with Crippen molar-refractivity contribution in [3.8, 4) is 0 Å². The number of carbonyl (C=O) groups is 3. The molecule has 0 saturated carbocycles. The lowest BCUT2D eigenvalue weighted by Gasteiger charge is -2.37. The number of urea groups is 1. The zero-order valence-corrected chi connectivity index (χ0v) is 29.6. The fraction of sp³-hybridized carbons (Fsp3) is 0.389. The van der Waals surface area contributed by atoms with Gasteiger partial charge in [-0.1, -0.05) is 97.8 Å². The number of nitrogen functional groups attached to an aromatic ring is 1. The summed E-state index contributed by atoms with van der Waals surface area (Å²) in [5.74, 6) is 0.948. The number of amides is 4. The summed E-state index contributed by atoms with van der Waals surface area (Å²) in [5.41, 5.74) is 8.16. The minimum Gasteiger partial charge on any atom is -0.384 e. The Morgan fingerprint density at radius 1 is 0.840 bits per heavy atom. The van der Waals surface area contributed by atoms with Gasteiger partial charge >= 0.3 is 14.3 Å². The van der Waals surface area contributed by atoms with Crippen molar-refractivity contribution in [2.45, 2.75) is 74.2 Å². The van der Waals surface area contributed by atoms with Crippen LogP contribution >= 0.6 is 20.0 Å². The Labute approximate surface area is 297 Å². The van der Waals surface area contributed by atoms with Crippen LogP contribution in [0.2, 0.25) is 0 Å². The third-order valence-corrected chi connectivity index (χ3v) is 10.4. The van der Waals surface area contributed by atoms with Gasteiger partial charge in [-0.25, -0.2) is 4.79 Å². The maximum Gasteiger partial charge on any atom is 0.692 e. The molecule has 14 heteroatoms. The van der Waals surface area contributed by atoms with Crippen LogP contribution in [0.25, 0.3) is 0 Å². The molecule has 0 bridgehead atoms. The van der Waals surface area contributed by atoms with Crippen molar-refractivity contribution in [3.63, 3.8) is 0 Å². The summed E-state index contributed by atoms with van der Waals surface area (Å²) >= 11 is 1.90. The summed E-state index contributed by atoms with van der Waals surface area (Å²) in [6.07, 6.45) is 6.01. The Bertz CT molecular complexity index is 1550. The summed E-state index contributed by atoms with van der Waals surface area (Å²) in [6, 6.07) is 27.7. The molecule has 0 spiro atoms. The number of amidine groups is 1. The highest BCUT2D eigenvalue weighted by atomic mass is 32.2. The number of nitrogens with one attached hydrogen (secondary N) is 5. The first-order chi connectivity index (χ1) is 24.1. The number of nitrogens with two attached hydrogens (primary N) is 1. The molecule has 12 nitrogen and oxygen atoms in total. The molecule has 2 saturated heterocycles. The van der Waals surface area contributed by atoms with Crippen LogP contribution in [-0.4, -0.2) is 63.1 Å². The molecule has 266 valence electrons. The minimum atomic E-state index is -2.87. The van der Waals surface area contributed by atoms with E-state index >= 15 is 0 Å². The number of hydrogen-bond acceptors (Lipinski definition) is 6. The molecule has 0 radical (unpaired) electrons. The van der Waals surface area contributed by atoms with E-state index in [0.717, 1.165) is 54.5 Å². The lowest BCUT2D eigenvalue weighted by molar-refractivity contribution is -0.123. The second kappa shape index (κ2) is 19.2. The van der Waals surface area contributed by atoms with Gasteiger partial charge < -0.3 is 27.0 Å². The zero-order valence-electron chi connectivity index (χ0n) is 27.8. The molecule has 3 atom stereocenters. The van der Waals surface area contributed by atoms with E-state index in [-0.39, 0.29) is 35.8 Å². The molecule has 0 aliphatic carbocycles. The van der Waals surface area contributed by atoms with Gasteiger partial charge in [0, 0.05) is 40.5 Å². The summed E-state index contributed by atoms with van der Waals surface area (Å²) < 4.78 is 8.70. The summed E-state index contributed by atoms with van der Waals surface area (Å²) in [5, 5.41) is 20.6. The Balaban J connectivity index is 0.00000133. The standard InChI is InChI=1S/C36H44N6O3S.HO3P/c37-34(38)25-19-21-28(22-20-25)36(26-12-4-1-5-13-26,27-14-6-2-7-15-27)42-32(44)18-8-3-11-23-39-31(43)17-10-9-16-30-33-29(24-46-30)40-35(45)41-33;1-4(2)3/h1-2,4-7,12-15,19-22,29-30,33H,3,8-11,16-18,23-24H2,(H3,37,38)(H,39,43)(H,42,44)(H2,40,41,45);(H-,1,2,3)/p+1/t29-,30-,33-;/m0./s1. The third kappa shape index (κ3) is 10.9. The molecule has 50 heavy (non-hydrogen) atoms. The van der Waals surface area contributed by atoms with Crippen LogP contribution in [-0.2, 0) is 19.7 Å². The minimum absolute atomic E-state index is 0.00693. The van der Waals surface area contributed by atoms with Crippen molar-refractivity contribution in [3.05, 3.63) is 107 Å². The van der Waals surface area contributed by atoms with Crippen LogP contribution in [0.5, 0.6) is 0 Å². The SMILES string of the molecule is N=C(N)c1ccc(C(NC(=O)CCCCCNC(=O)CCCC[C@@H]2SC[C@@H]3NC(=O)N[C@@H]32)(c2ccccc2)c2ccccc2)cc1.O=[P+](O)O. The largest absolute Gasteiger partial charge is 0.692 e. The Hall–Kier alpha value is -4.29. The number of thioether (sulfide) groups is 1. The van der Waals surface area contributed by atoms with E-state index in [2.05, 4.69) is 21.3 Å². The average Bonchev–Trinajstić information content (AvgIpc) is 3.66. The van der Waals surface area contributed by atoms with E-state index in [0.29, 0.717) is 36.6 Å². The van der Waals surface area contributed by atoms with Crippen molar-refractivity contribution in [2.75, 3.05) is 12.3 Å². The highest BCUT2D eigenvalue weighted by Gasteiger charge is 2.42.